The van der Waals surface area contributed by atoms with Crippen molar-refractivity contribution in [2.75, 3.05) is 18.5 Å². The van der Waals surface area contributed by atoms with Crippen molar-refractivity contribution in [1.29, 1.82) is 0 Å². The summed E-state index contributed by atoms with van der Waals surface area (Å²) in [6.07, 6.45) is 3.14. The Balaban J connectivity index is 1.48. The highest BCUT2D eigenvalue weighted by Gasteiger charge is 2.04. The summed E-state index contributed by atoms with van der Waals surface area (Å²) in [7, 11) is 0. The lowest BCUT2D eigenvalue weighted by atomic mass is 10.2. The van der Waals surface area contributed by atoms with Crippen molar-refractivity contribution in [1.82, 2.24) is 14.9 Å². The Morgan fingerprint density at radius 3 is 2.82 bits per heavy atom. The number of hydrogen-bond donors (Lipinski definition) is 2. The molecule has 0 radical (unpaired) electrons. The Labute approximate surface area is 163 Å². The highest BCUT2D eigenvalue weighted by Crippen LogP contribution is 2.15. The second-order valence-electron chi connectivity index (χ2n) is 6.23. The van der Waals surface area contributed by atoms with Gasteiger partial charge < -0.3 is 15.4 Å². The normalized spacial score (nSPS) is 10.3. The summed E-state index contributed by atoms with van der Waals surface area (Å²) < 4.78 is 7.16. The molecule has 3 aromatic rings. The van der Waals surface area contributed by atoms with Gasteiger partial charge in [0, 0.05) is 18.1 Å². The molecule has 0 fully saturated rings. The minimum atomic E-state index is -0.316. The lowest BCUT2D eigenvalue weighted by Gasteiger charge is -2.11. The zero-order chi connectivity index (χ0) is 19.8. The zero-order valence-corrected chi connectivity index (χ0v) is 15.6. The molecule has 2 amide bonds. The van der Waals surface area contributed by atoms with Gasteiger partial charge in [-0.25, -0.2) is 14.6 Å². The van der Waals surface area contributed by atoms with Gasteiger partial charge in [-0.15, -0.1) is 0 Å². The van der Waals surface area contributed by atoms with Crippen molar-refractivity contribution < 1.29 is 9.53 Å². The highest BCUT2D eigenvalue weighted by molar-refractivity contribution is 5.89. The smallest absolute Gasteiger partial charge is 0.347 e. The lowest BCUT2D eigenvalue weighted by molar-refractivity contribution is 0.247. The van der Waals surface area contributed by atoms with E-state index >= 15 is 0 Å². The van der Waals surface area contributed by atoms with E-state index in [4.69, 9.17) is 4.74 Å². The molecule has 1 heterocycles. The van der Waals surface area contributed by atoms with Gasteiger partial charge in [0.15, 0.2) is 0 Å². The molecule has 3 rings (SSSR count). The molecule has 1 aromatic heterocycles. The number of anilines is 1. The number of rotatable bonds is 7. The molecule has 0 saturated carbocycles. The van der Waals surface area contributed by atoms with E-state index in [0.717, 1.165) is 16.9 Å². The molecule has 2 aromatic carbocycles. The van der Waals surface area contributed by atoms with E-state index in [9.17, 15) is 9.59 Å². The number of nitrogens with one attached hydrogen (secondary N) is 2. The number of ether oxygens (including phenoxy) is 1. The molecule has 0 aliphatic heterocycles. The van der Waals surface area contributed by atoms with E-state index in [1.165, 1.54) is 10.8 Å². The van der Waals surface area contributed by atoms with Gasteiger partial charge in [0.25, 0.3) is 0 Å². The predicted molar refractivity (Wildman–Crippen MR) is 108 cm³/mol. The first-order valence-corrected chi connectivity index (χ1v) is 8.95. The number of para-hydroxylation sites is 1. The molecule has 2 N–H and O–H groups in total. The molecule has 7 nitrogen and oxygen atoms in total. The number of hydrogen-bond acceptors (Lipinski definition) is 4. The molecule has 144 valence electrons. The number of aryl methyl sites for hydroxylation is 1. The zero-order valence-electron chi connectivity index (χ0n) is 15.6. The molecular formula is C21H22N4O3. The van der Waals surface area contributed by atoms with Crippen LogP contribution in [0.2, 0.25) is 0 Å². The summed E-state index contributed by atoms with van der Waals surface area (Å²) in [5, 5.41) is 5.54. The second-order valence-corrected chi connectivity index (χ2v) is 6.23. The van der Waals surface area contributed by atoms with Crippen molar-refractivity contribution in [2.24, 2.45) is 0 Å². The number of amides is 2. The van der Waals surface area contributed by atoms with Crippen LogP contribution in [0, 0.1) is 6.92 Å². The molecule has 0 spiro atoms. The van der Waals surface area contributed by atoms with Crippen LogP contribution in [0.15, 0.2) is 71.8 Å². The molecule has 28 heavy (non-hydrogen) atoms. The van der Waals surface area contributed by atoms with Gasteiger partial charge in [-0.3, -0.25) is 4.57 Å². The fourth-order valence-corrected chi connectivity index (χ4v) is 2.67. The molecule has 0 saturated heterocycles. The van der Waals surface area contributed by atoms with Gasteiger partial charge in [0.1, 0.15) is 12.4 Å². The summed E-state index contributed by atoms with van der Waals surface area (Å²) in [6.45, 7) is 3.11. The molecule has 0 atom stereocenters. The summed E-state index contributed by atoms with van der Waals surface area (Å²) in [5.41, 5.74) is 2.27. The van der Waals surface area contributed by atoms with Crippen LogP contribution < -0.4 is 21.1 Å². The Bertz CT molecular complexity index is 1000. The van der Waals surface area contributed by atoms with E-state index in [1.54, 1.807) is 18.3 Å². The van der Waals surface area contributed by atoms with E-state index in [1.807, 2.05) is 49.4 Å². The fraction of sp³-hybridized carbons (Fsp3) is 0.190. The second kappa shape index (κ2) is 9.36. The molecular weight excluding hydrogens is 356 g/mol. The first-order valence-electron chi connectivity index (χ1n) is 8.95. The first kappa shape index (κ1) is 19.2. The van der Waals surface area contributed by atoms with Crippen molar-refractivity contribution in [3.05, 3.63) is 88.6 Å². The third kappa shape index (κ3) is 5.44. The van der Waals surface area contributed by atoms with Crippen LogP contribution in [-0.2, 0) is 6.54 Å². The quantitative estimate of drug-likeness (QED) is 0.619. The SMILES string of the molecule is Cc1ccccc1OCCNC(=O)Nc1cccc(Cn2cccnc2=O)c1. The average molecular weight is 378 g/mol. The number of aromatic nitrogens is 2. The molecule has 0 aliphatic carbocycles. The minimum absolute atomic E-state index is 0.313. The Morgan fingerprint density at radius 1 is 1.14 bits per heavy atom. The topological polar surface area (TPSA) is 85.2 Å². The molecule has 7 heteroatoms. The number of nitrogens with zero attached hydrogens (tertiary/aromatic N) is 2. The maximum absolute atomic E-state index is 12.1. The van der Waals surface area contributed by atoms with Crippen LogP contribution in [-0.4, -0.2) is 28.7 Å². The summed E-state index contributed by atoms with van der Waals surface area (Å²) in [6, 6.07) is 16.5. The number of carbonyl (C=O) groups excluding carboxylic acids is 1. The molecule has 0 unspecified atom stereocenters. The minimum Gasteiger partial charge on any atom is -0.491 e. The number of benzene rings is 2. The van der Waals surface area contributed by atoms with Gasteiger partial charge in [-0.2, -0.15) is 0 Å². The van der Waals surface area contributed by atoms with E-state index in [2.05, 4.69) is 15.6 Å². The maximum atomic E-state index is 12.1. The van der Waals surface area contributed by atoms with Crippen LogP contribution in [0.5, 0.6) is 5.75 Å². The van der Waals surface area contributed by atoms with Crippen molar-refractivity contribution >= 4 is 11.7 Å². The van der Waals surface area contributed by atoms with Crippen LogP contribution in [0.25, 0.3) is 0 Å². The van der Waals surface area contributed by atoms with Gasteiger partial charge in [-0.05, 0) is 42.3 Å². The van der Waals surface area contributed by atoms with Crippen LogP contribution in [0.1, 0.15) is 11.1 Å². The first-order chi connectivity index (χ1) is 13.6. The van der Waals surface area contributed by atoms with Crippen LogP contribution >= 0.6 is 0 Å². The van der Waals surface area contributed by atoms with E-state index < -0.39 is 0 Å². The Morgan fingerprint density at radius 2 is 2.00 bits per heavy atom. The summed E-state index contributed by atoms with van der Waals surface area (Å²) in [4.78, 5) is 27.5. The van der Waals surface area contributed by atoms with Gasteiger partial charge in [0.2, 0.25) is 0 Å². The number of urea groups is 1. The third-order valence-corrected chi connectivity index (χ3v) is 4.06. The Hall–Kier alpha value is -3.61. The lowest BCUT2D eigenvalue weighted by Crippen LogP contribution is -2.32. The highest BCUT2D eigenvalue weighted by atomic mass is 16.5. The van der Waals surface area contributed by atoms with Crippen LogP contribution in [0.3, 0.4) is 0 Å². The molecule has 0 aliphatic rings. The monoisotopic (exact) mass is 378 g/mol. The van der Waals surface area contributed by atoms with Gasteiger partial charge in [-0.1, -0.05) is 30.3 Å². The van der Waals surface area contributed by atoms with E-state index in [0.29, 0.717) is 25.4 Å². The summed E-state index contributed by atoms with van der Waals surface area (Å²) in [5.74, 6) is 0.808. The Kier molecular flexibility index (Phi) is 6.41. The third-order valence-electron chi connectivity index (χ3n) is 4.06. The predicted octanol–water partition coefficient (Wildman–Crippen LogP) is 2.80. The van der Waals surface area contributed by atoms with Crippen molar-refractivity contribution in [3.8, 4) is 5.75 Å². The largest absolute Gasteiger partial charge is 0.491 e. The van der Waals surface area contributed by atoms with Crippen LogP contribution in [0.4, 0.5) is 10.5 Å². The van der Waals surface area contributed by atoms with Crippen molar-refractivity contribution in [2.45, 2.75) is 13.5 Å². The standard InChI is InChI=1S/C21H22N4O3/c1-16-6-2-3-9-19(16)28-13-11-22-20(26)24-18-8-4-7-17(14-18)15-25-12-5-10-23-21(25)27/h2-10,12,14H,11,13,15H2,1H3,(H2,22,24,26). The number of carbonyl (C=O) groups is 1. The van der Waals surface area contributed by atoms with E-state index in [-0.39, 0.29) is 11.7 Å². The maximum Gasteiger partial charge on any atom is 0.347 e. The summed E-state index contributed by atoms with van der Waals surface area (Å²) >= 11 is 0. The average Bonchev–Trinajstić information content (AvgIpc) is 2.69. The fourth-order valence-electron chi connectivity index (χ4n) is 2.67. The molecule has 0 bridgehead atoms. The van der Waals surface area contributed by atoms with Gasteiger partial charge in [0.05, 0.1) is 13.1 Å². The van der Waals surface area contributed by atoms with Gasteiger partial charge >= 0.3 is 11.7 Å². The van der Waals surface area contributed by atoms with Crippen molar-refractivity contribution in [3.63, 3.8) is 0 Å².